The predicted molar refractivity (Wildman–Crippen MR) is 81.5 cm³/mol. The molecule has 0 unspecified atom stereocenters. The molecule has 1 saturated heterocycles. The van der Waals surface area contributed by atoms with Gasteiger partial charge < -0.3 is 10.1 Å². The van der Waals surface area contributed by atoms with Crippen LogP contribution in [0.25, 0.3) is 5.69 Å². The third kappa shape index (κ3) is 3.54. The number of hydrogen-bond donors (Lipinski definition) is 1. The molecule has 2 aromatic rings. The zero-order valence-electron chi connectivity index (χ0n) is 12.3. The Labute approximate surface area is 132 Å². The number of nitrogens with zero attached hydrogens (tertiary/aromatic N) is 3. The Balaban J connectivity index is 1.64. The number of ether oxygens (including phenoxy) is 1. The van der Waals surface area contributed by atoms with Crippen molar-refractivity contribution in [1.29, 1.82) is 0 Å². The lowest BCUT2D eigenvalue weighted by atomic mass is 10.1. The third-order valence-corrected chi connectivity index (χ3v) is 3.75. The molecule has 1 aliphatic heterocycles. The van der Waals surface area contributed by atoms with E-state index < -0.39 is 4.92 Å². The van der Waals surface area contributed by atoms with Gasteiger partial charge in [0.1, 0.15) is 0 Å². The number of rotatable bonds is 5. The fraction of sp³-hybridized carbons (Fsp3) is 0.333. The topological polar surface area (TPSA) is 99.3 Å². The molecule has 8 heteroatoms. The number of nitro groups is 1. The SMILES string of the molecule is O=C(NC[C@@H]1CCOC1)c1cnn(-c2ccc([N+](=O)[O-])cc2)c1. The van der Waals surface area contributed by atoms with Crippen LogP contribution in [0.2, 0.25) is 0 Å². The predicted octanol–water partition coefficient (Wildman–Crippen LogP) is 1.55. The average Bonchev–Trinajstić information content (AvgIpc) is 3.24. The molecule has 1 aromatic carbocycles. The van der Waals surface area contributed by atoms with Gasteiger partial charge in [-0.15, -0.1) is 0 Å². The van der Waals surface area contributed by atoms with Crippen molar-refractivity contribution in [1.82, 2.24) is 15.1 Å². The van der Waals surface area contributed by atoms with Crippen LogP contribution in [0.1, 0.15) is 16.8 Å². The van der Waals surface area contributed by atoms with Crippen LogP contribution in [0, 0.1) is 16.0 Å². The first-order valence-corrected chi connectivity index (χ1v) is 7.29. The minimum atomic E-state index is -0.460. The van der Waals surface area contributed by atoms with Crippen molar-refractivity contribution >= 4 is 11.6 Å². The number of amides is 1. The second-order valence-electron chi connectivity index (χ2n) is 5.39. The van der Waals surface area contributed by atoms with E-state index in [1.807, 2.05) is 0 Å². The van der Waals surface area contributed by atoms with E-state index >= 15 is 0 Å². The van der Waals surface area contributed by atoms with Crippen molar-refractivity contribution in [2.75, 3.05) is 19.8 Å². The maximum Gasteiger partial charge on any atom is 0.269 e. The molecule has 1 N–H and O–H groups in total. The third-order valence-electron chi connectivity index (χ3n) is 3.75. The second-order valence-corrected chi connectivity index (χ2v) is 5.39. The first kappa shape index (κ1) is 15.2. The smallest absolute Gasteiger partial charge is 0.269 e. The van der Waals surface area contributed by atoms with E-state index in [2.05, 4.69) is 10.4 Å². The van der Waals surface area contributed by atoms with Gasteiger partial charge >= 0.3 is 0 Å². The number of carbonyl (C=O) groups is 1. The lowest BCUT2D eigenvalue weighted by Crippen LogP contribution is -2.29. The van der Waals surface area contributed by atoms with E-state index in [1.54, 1.807) is 18.3 Å². The molecule has 0 saturated carbocycles. The second kappa shape index (κ2) is 6.57. The summed E-state index contributed by atoms with van der Waals surface area (Å²) in [6.07, 6.45) is 4.03. The van der Waals surface area contributed by atoms with E-state index in [0.29, 0.717) is 30.3 Å². The molecule has 1 amide bonds. The van der Waals surface area contributed by atoms with Crippen molar-refractivity contribution < 1.29 is 14.5 Å². The Morgan fingerprint density at radius 3 is 2.87 bits per heavy atom. The molecule has 120 valence electrons. The van der Waals surface area contributed by atoms with Crippen LogP contribution in [0.15, 0.2) is 36.7 Å². The Morgan fingerprint density at radius 2 is 2.22 bits per heavy atom. The molecule has 23 heavy (non-hydrogen) atoms. The zero-order valence-corrected chi connectivity index (χ0v) is 12.3. The van der Waals surface area contributed by atoms with Crippen molar-refractivity contribution in [3.63, 3.8) is 0 Å². The van der Waals surface area contributed by atoms with Gasteiger partial charge in [-0.25, -0.2) is 4.68 Å². The van der Waals surface area contributed by atoms with E-state index in [9.17, 15) is 14.9 Å². The summed E-state index contributed by atoms with van der Waals surface area (Å²) in [4.78, 5) is 22.3. The Hall–Kier alpha value is -2.74. The lowest BCUT2D eigenvalue weighted by Gasteiger charge is -2.08. The summed E-state index contributed by atoms with van der Waals surface area (Å²) in [5.41, 5.74) is 1.11. The average molecular weight is 316 g/mol. The number of non-ortho nitro benzene ring substituents is 1. The molecule has 1 atom stereocenters. The largest absolute Gasteiger partial charge is 0.381 e. The Morgan fingerprint density at radius 1 is 1.43 bits per heavy atom. The first-order valence-electron chi connectivity index (χ1n) is 7.29. The molecule has 2 heterocycles. The van der Waals surface area contributed by atoms with Crippen molar-refractivity contribution in [2.45, 2.75) is 6.42 Å². The molecule has 3 rings (SSSR count). The number of nitrogens with one attached hydrogen (secondary N) is 1. The van der Waals surface area contributed by atoms with Gasteiger partial charge in [0.2, 0.25) is 0 Å². The number of carbonyl (C=O) groups excluding carboxylic acids is 1. The van der Waals surface area contributed by atoms with Crippen LogP contribution in [-0.2, 0) is 4.74 Å². The molecular weight excluding hydrogens is 300 g/mol. The van der Waals surface area contributed by atoms with Crippen LogP contribution in [0.3, 0.4) is 0 Å². The highest BCUT2D eigenvalue weighted by Gasteiger charge is 2.17. The minimum Gasteiger partial charge on any atom is -0.381 e. The molecule has 1 aromatic heterocycles. The molecular formula is C15H16N4O4. The van der Waals surface area contributed by atoms with Gasteiger partial charge in [0.15, 0.2) is 0 Å². The van der Waals surface area contributed by atoms with Gasteiger partial charge in [-0.3, -0.25) is 14.9 Å². The fourth-order valence-electron chi connectivity index (χ4n) is 2.39. The van der Waals surface area contributed by atoms with Gasteiger partial charge in [-0.1, -0.05) is 0 Å². The van der Waals surface area contributed by atoms with Crippen molar-refractivity contribution in [3.05, 3.63) is 52.3 Å². The molecule has 0 spiro atoms. The van der Waals surface area contributed by atoms with E-state index in [1.165, 1.54) is 23.0 Å². The summed E-state index contributed by atoms with van der Waals surface area (Å²) in [6, 6.07) is 5.97. The van der Waals surface area contributed by atoms with Crippen LogP contribution in [-0.4, -0.2) is 40.4 Å². The summed E-state index contributed by atoms with van der Waals surface area (Å²) in [5, 5.41) is 17.6. The van der Waals surface area contributed by atoms with E-state index in [0.717, 1.165) is 13.0 Å². The van der Waals surface area contributed by atoms with Crippen LogP contribution >= 0.6 is 0 Å². The Kier molecular flexibility index (Phi) is 4.33. The molecule has 0 radical (unpaired) electrons. The van der Waals surface area contributed by atoms with E-state index in [4.69, 9.17) is 4.74 Å². The van der Waals surface area contributed by atoms with Crippen LogP contribution in [0.5, 0.6) is 0 Å². The molecule has 1 aliphatic rings. The zero-order chi connectivity index (χ0) is 16.2. The fourth-order valence-corrected chi connectivity index (χ4v) is 2.39. The monoisotopic (exact) mass is 316 g/mol. The van der Waals surface area contributed by atoms with Gasteiger partial charge in [-0.2, -0.15) is 5.10 Å². The standard InChI is InChI=1S/C15H16N4O4/c20-15(16-7-11-5-6-23-10-11)12-8-17-18(9-12)13-1-3-14(4-2-13)19(21)22/h1-4,8-9,11H,5-7,10H2,(H,16,20)/t11-/m0/s1. The molecule has 1 fully saturated rings. The highest BCUT2D eigenvalue weighted by atomic mass is 16.6. The highest BCUT2D eigenvalue weighted by molar-refractivity contribution is 5.93. The highest BCUT2D eigenvalue weighted by Crippen LogP contribution is 2.15. The van der Waals surface area contributed by atoms with Gasteiger partial charge in [-0.05, 0) is 18.6 Å². The summed E-state index contributed by atoms with van der Waals surface area (Å²) in [7, 11) is 0. The lowest BCUT2D eigenvalue weighted by molar-refractivity contribution is -0.384. The van der Waals surface area contributed by atoms with Crippen LogP contribution < -0.4 is 5.32 Å². The molecule has 0 aliphatic carbocycles. The number of hydrogen-bond acceptors (Lipinski definition) is 5. The first-order chi connectivity index (χ1) is 11.1. The van der Waals surface area contributed by atoms with Crippen molar-refractivity contribution in [2.24, 2.45) is 5.92 Å². The summed E-state index contributed by atoms with van der Waals surface area (Å²) in [5.74, 6) is 0.175. The summed E-state index contributed by atoms with van der Waals surface area (Å²) >= 11 is 0. The van der Waals surface area contributed by atoms with Crippen LogP contribution in [0.4, 0.5) is 5.69 Å². The minimum absolute atomic E-state index is 0.0117. The number of benzene rings is 1. The number of nitro benzene ring substituents is 1. The molecule has 0 bridgehead atoms. The summed E-state index contributed by atoms with van der Waals surface area (Å²) in [6.45, 7) is 2.02. The maximum atomic E-state index is 12.1. The quantitative estimate of drug-likeness (QED) is 0.666. The van der Waals surface area contributed by atoms with Gasteiger partial charge in [0.25, 0.3) is 11.6 Å². The van der Waals surface area contributed by atoms with E-state index in [-0.39, 0.29) is 11.6 Å². The maximum absolute atomic E-state index is 12.1. The van der Waals surface area contributed by atoms with Gasteiger partial charge in [0.05, 0.1) is 29.0 Å². The molecule has 8 nitrogen and oxygen atoms in total. The van der Waals surface area contributed by atoms with Gasteiger partial charge in [0, 0.05) is 37.4 Å². The Bertz CT molecular complexity index is 705. The normalized spacial score (nSPS) is 17.1. The summed E-state index contributed by atoms with van der Waals surface area (Å²) < 4.78 is 6.78. The van der Waals surface area contributed by atoms with Crippen molar-refractivity contribution in [3.8, 4) is 5.69 Å². The number of aromatic nitrogens is 2.